The van der Waals surface area contributed by atoms with Crippen LogP contribution in [-0.2, 0) is 20.6 Å². The van der Waals surface area contributed by atoms with E-state index in [2.05, 4.69) is 24.3 Å². The van der Waals surface area contributed by atoms with Crippen molar-refractivity contribution in [3.05, 3.63) is 35.9 Å². The molecule has 0 aliphatic carbocycles. The number of ether oxygens (including phenoxy) is 3. The molecule has 0 radical (unpaired) electrons. The van der Waals surface area contributed by atoms with Gasteiger partial charge in [-0.2, -0.15) is 0 Å². The van der Waals surface area contributed by atoms with Gasteiger partial charge >= 0.3 is 0 Å². The van der Waals surface area contributed by atoms with Gasteiger partial charge < -0.3 is 14.2 Å². The average Bonchev–Trinajstić information content (AvgIpc) is 3.16. The Morgan fingerprint density at radius 3 is 2.62 bits per heavy atom. The predicted molar refractivity (Wildman–Crippen MR) is 59.4 cm³/mol. The summed E-state index contributed by atoms with van der Waals surface area (Å²) >= 11 is 0. The van der Waals surface area contributed by atoms with Crippen molar-refractivity contribution in [2.24, 2.45) is 0 Å². The third-order valence-electron chi connectivity index (χ3n) is 3.23. The zero-order valence-electron chi connectivity index (χ0n) is 9.22. The minimum Gasteiger partial charge on any atom is -0.376 e. The van der Waals surface area contributed by atoms with E-state index in [4.69, 9.17) is 14.2 Å². The van der Waals surface area contributed by atoms with Gasteiger partial charge in [0.25, 0.3) is 0 Å². The summed E-state index contributed by atoms with van der Waals surface area (Å²) in [6, 6.07) is 10.4. The van der Waals surface area contributed by atoms with Gasteiger partial charge in [0.2, 0.25) is 0 Å². The lowest BCUT2D eigenvalue weighted by atomic mass is 9.91. The largest absolute Gasteiger partial charge is 0.376 e. The van der Waals surface area contributed by atoms with Crippen molar-refractivity contribution in [1.29, 1.82) is 0 Å². The van der Waals surface area contributed by atoms with E-state index in [-0.39, 0.29) is 11.7 Å². The van der Waals surface area contributed by atoms with Gasteiger partial charge in [0.15, 0.2) is 0 Å². The first-order chi connectivity index (χ1) is 7.89. The van der Waals surface area contributed by atoms with Crippen LogP contribution in [0.15, 0.2) is 30.3 Å². The van der Waals surface area contributed by atoms with Crippen LogP contribution in [0.3, 0.4) is 0 Å². The van der Waals surface area contributed by atoms with Crippen LogP contribution < -0.4 is 0 Å². The standard InChI is InChI=1S/C13H16O3/c1-2-4-11(5-3-1)8-13(12-9-15-12)10-14-6-7-16-13/h1-5,12H,6-10H2. The smallest absolute Gasteiger partial charge is 0.124 e. The summed E-state index contributed by atoms with van der Waals surface area (Å²) < 4.78 is 16.9. The van der Waals surface area contributed by atoms with E-state index in [0.29, 0.717) is 19.8 Å². The third-order valence-corrected chi connectivity index (χ3v) is 3.23. The number of epoxide rings is 1. The molecule has 2 saturated heterocycles. The molecule has 86 valence electrons. The summed E-state index contributed by atoms with van der Waals surface area (Å²) in [6.45, 7) is 2.82. The molecule has 0 spiro atoms. The van der Waals surface area contributed by atoms with Crippen molar-refractivity contribution in [2.75, 3.05) is 26.4 Å². The van der Waals surface area contributed by atoms with Crippen molar-refractivity contribution < 1.29 is 14.2 Å². The Hall–Kier alpha value is -0.900. The molecule has 1 aromatic carbocycles. The van der Waals surface area contributed by atoms with Crippen molar-refractivity contribution in [1.82, 2.24) is 0 Å². The number of benzene rings is 1. The van der Waals surface area contributed by atoms with Crippen LogP contribution in [0.1, 0.15) is 5.56 Å². The van der Waals surface area contributed by atoms with Gasteiger partial charge in [0, 0.05) is 6.42 Å². The zero-order valence-corrected chi connectivity index (χ0v) is 9.22. The molecule has 2 aliphatic rings. The monoisotopic (exact) mass is 220 g/mol. The first kappa shape index (κ1) is 10.3. The highest BCUT2D eigenvalue weighted by molar-refractivity contribution is 5.19. The SMILES string of the molecule is c1ccc(CC2(C3CO3)COCCO2)cc1. The van der Waals surface area contributed by atoms with Gasteiger partial charge in [-0.15, -0.1) is 0 Å². The van der Waals surface area contributed by atoms with Crippen molar-refractivity contribution in [3.8, 4) is 0 Å². The maximum atomic E-state index is 5.94. The van der Waals surface area contributed by atoms with Crippen LogP contribution in [0.25, 0.3) is 0 Å². The summed E-state index contributed by atoms with van der Waals surface area (Å²) in [4.78, 5) is 0. The molecule has 2 atom stereocenters. The Morgan fingerprint density at radius 2 is 2.00 bits per heavy atom. The second-order valence-corrected chi connectivity index (χ2v) is 4.45. The fraction of sp³-hybridized carbons (Fsp3) is 0.538. The van der Waals surface area contributed by atoms with E-state index in [0.717, 1.165) is 13.0 Å². The molecule has 3 rings (SSSR count). The fourth-order valence-electron chi connectivity index (χ4n) is 2.29. The summed E-state index contributed by atoms with van der Waals surface area (Å²) in [5, 5.41) is 0. The summed E-state index contributed by atoms with van der Waals surface area (Å²) in [6.07, 6.45) is 1.09. The molecule has 2 fully saturated rings. The molecule has 2 aliphatic heterocycles. The molecule has 2 unspecified atom stereocenters. The summed E-state index contributed by atoms with van der Waals surface area (Å²) in [5.41, 5.74) is 1.03. The van der Waals surface area contributed by atoms with E-state index >= 15 is 0 Å². The van der Waals surface area contributed by atoms with Crippen molar-refractivity contribution in [3.63, 3.8) is 0 Å². The summed E-state index contributed by atoms with van der Waals surface area (Å²) in [5.74, 6) is 0. The van der Waals surface area contributed by atoms with Crippen LogP contribution in [0.2, 0.25) is 0 Å². The van der Waals surface area contributed by atoms with E-state index < -0.39 is 0 Å². The Morgan fingerprint density at radius 1 is 1.19 bits per heavy atom. The van der Waals surface area contributed by atoms with Gasteiger partial charge in [-0.25, -0.2) is 0 Å². The fourth-order valence-corrected chi connectivity index (χ4v) is 2.29. The summed E-state index contributed by atoms with van der Waals surface area (Å²) in [7, 11) is 0. The van der Waals surface area contributed by atoms with Crippen LogP contribution in [0.5, 0.6) is 0 Å². The van der Waals surface area contributed by atoms with Gasteiger partial charge in [-0.05, 0) is 5.56 Å². The molecule has 3 heteroatoms. The van der Waals surface area contributed by atoms with Gasteiger partial charge in [-0.3, -0.25) is 0 Å². The van der Waals surface area contributed by atoms with E-state index in [1.807, 2.05) is 6.07 Å². The number of hydrogen-bond donors (Lipinski definition) is 0. The van der Waals surface area contributed by atoms with Crippen LogP contribution in [0, 0.1) is 0 Å². The van der Waals surface area contributed by atoms with Gasteiger partial charge in [-0.1, -0.05) is 30.3 Å². The molecule has 3 nitrogen and oxygen atoms in total. The Labute approximate surface area is 95.3 Å². The third kappa shape index (κ3) is 1.98. The van der Waals surface area contributed by atoms with Crippen molar-refractivity contribution >= 4 is 0 Å². The number of hydrogen-bond acceptors (Lipinski definition) is 3. The highest BCUT2D eigenvalue weighted by atomic mass is 16.6. The predicted octanol–water partition coefficient (Wildman–Crippen LogP) is 1.41. The molecular formula is C13H16O3. The van der Waals surface area contributed by atoms with E-state index in [9.17, 15) is 0 Å². The lowest BCUT2D eigenvalue weighted by molar-refractivity contribution is -0.166. The van der Waals surface area contributed by atoms with Crippen LogP contribution >= 0.6 is 0 Å². The number of rotatable bonds is 3. The van der Waals surface area contributed by atoms with Crippen LogP contribution in [0.4, 0.5) is 0 Å². The highest BCUT2D eigenvalue weighted by Gasteiger charge is 2.49. The highest BCUT2D eigenvalue weighted by Crippen LogP contribution is 2.33. The molecule has 0 amide bonds. The lowest BCUT2D eigenvalue weighted by Gasteiger charge is -2.36. The molecular weight excluding hydrogens is 204 g/mol. The average molecular weight is 220 g/mol. The van der Waals surface area contributed by atoms with E-state index in [1.165, 1.54) is 5.56 Å². The first-order valence-electron chi connectivity index (χ1n) is 5.76. The molecule has 0 aromatic heterocycles. The molecule has 2 heterocycles. The Bertz CT molecular complexity index is 339. The lowest BCUT2D eigenvalue weighted by Crippen LogP contribution is -2.49. The van der Waals surface area contributed by atoms with E-state index in [1.54, 1.807) is 0 Å². The molecule has 0 saturated carbocycles. The second-order valence-electron chi connectivity index (χ2n) is 4.45. The zero-order chi connectivity index (χ0) is 10.8. The molecule has 0 N–H and O–H groups in total. The maximum absolute atomic E-state index is 5.94. The normalized spacial score (nSPS) is 33.6. The first-order valence-corrected chi connectivity index (χ1v) is 5.76. The Kier molecular flexibility index (Phi) is 2.67. The van der Waals surface area contributed by atoms with Gasteiger partial charge in [0.05, 0.1) is 26.4 Å². The van der Waals surface area contributed by atoms with Crippen LogP contribution in [-0.4, -0.2) is 38.1 Å². The Balaban J connectivity index is 1.78. The molecule has 16 heavy (non-hydrogen) atoms. The quantitative estimate of drug-likeness (QED) is 0.722. The molecule has 0 bridgehead atoms. The topological polar surface area (TPSA) is 31.0 Å². The van der Waals surface area contributed by atoms with Gasteiger partial charge in [0.1, 0.15) is 11.7 Å². The minimum atomic E-state index is -0.250. The second kappa shape index (κ2) is 4.17. The maximum Gasteiger partial charge on any atom is 0.124 e. The van der Waals surface area contributed by atoms with Crippen molar-refractivity contribution in [2.45, 2.75) is 18.1 Å². The minimum absolute atomic E-state index is 0.216. The molecule has 1 aromatic rings.